The summed E-state index contributed by atoms with van der Waals surface area (Å²) >= 11 is 0. The standard InChI is InChI=1S/C20H18F3N5O3/c1-12-2-3-24-17(6-12)27-14-7-13(8-15(9-14)31-20(21,22)23)16-10-26-19(30-16)28-5-4-25-18(29)11-28/h2-3,6-10H,4-5,11H2,1H3,(H,24,27)(H,25,29). The van der Waals surface area contributed by atoms with E-state index in [-0.39, 0.29) is 24.2 Å². The van der Waals surface area contributed by atoms with Gasteiger partial charge in [0, 0.05) is 36.6 Å². The summed E-state index contributed by atoms with van der Waals surface area (Å²) in [5.74, 6) is 0.112. The van der Waals surface area contributed by atoms with Crippen molar-refractivity contribution in [2.45, 2.75) is 13.3 Å². The van der Waals surface area contributed by atoms with Crippen molar-refractivity contribution in [3.05, 3.63) is 48.3 Å². The zero-order valence-corrected chi connectivity index (χ0v) is 16.4. The fourth-order valence-corrected chi connectivity index (χ4v) is 3.10. The molecular formula is C20H18F3N5O3. The van der Waals surface area contributed by atoms with Crippen molar-refractivity contribution in [3.63, 3.8) is 0 Å². The Balaban J connectivity index is 1.66. The smallest absolute Gasteiger partial charge is 0.423 e. The maximum Gasteiger partial charge on any atom is 0.573 e. The topological polar surface area (TPSA) is 92.5 Å². The van der Waals surface area contributed by atoms with Gasteiger partial charge < -0.3 is 24.7 Å². The molecule has 162 valence electrons. The molecule has 2 N–H and O–H groups in total. The first-order chi connectivity index (χ1) is 14.7. The molecule has 1 aliphatic heterocycles. The van der Waals surface area contributed by atoms with Crippen LogP contribution in [0, 0.1) is 6.92 Å². The van der Waals surface area contributed by atoms with E-state index in [1.807, 2.05) is 6.92 Å². The summed E-state index contributed by atoms with van der Waals surface area (Å²) in [7, 11) is 0. The van der Waals surface area contributed by atoms with Gasteiger partial charge in [-0.25, -0.2) is 9.97 Å². The van der Waals surface area contributed by atoms with Crippen LogP contribution in [0.25, 0.3) is 11.3 Å². The maximum atomic E-state index is 12.8. The minimum atomic E-state index is -4.86. The SMILES string of the molecule is Cc1ccnc(Nc2cc(OC(F)(F)F)cc(-c3cnc(N4CCNC(=O)C4)o3)c2)c1. The number of benzene rings is 1. The van der Waals surface area contributed by atoms with Gasteiger partial charge in [0.15, 0.2) is 5.76 Å². The number of rotatable bonds is 5. The van der Waals surface area contributed by atoms with Crippen LogP contribution < -0.4 is 20.3 Å². The average molecular weight is 433 g/mol. The number of halogens is 3. The summed E-state index contributed by atoms with van der Waals surface area (Å²) in [6, 6.07) is 7.78. The van der Waals surface area contributed by atoms with Crippen molar-refractivity contribution in [2.75, 3.05) is 29.9 Å². The second kappa shape index (κ2) is 8.17. The van der Waals surface area contributed by atoms with Crippen LogP contribution in [0.5, 0.6) is 5.75 Å². The number of aryl methyl sites for hydroxylation is 1. The Morgan fingerprint density at radius 2 is 2.06 bits per heavy atom. The summed E-state index contributed by atoms with van der Waals surface area (Å²) in [5, 5.41) is 5.67. The quantitative estimate of drug-likeness (QED) is 0.635. The number of hydrogen-bond acceptors (Lipinski definition) is 7. The molecule has 31 heavy (non-hydrogen) atoms. The molecule has 3 heterocycles. The molecule has 0 spiro atoms. The summed E-state index contributed by atoms with van der Waals surface area (Å²) < 4.78 is 48.3. The number of amides is 1. The van der Waals surface area contributed by atoms with E-state index in [0.717, 1.165) is 5.56 Å². The lowest BCUT2D eigenvalue weighted by Gasteiger charge is -2.24. The zero-order valence-electron chi connectivity index (χ0n) is 16.4. The Morgan fingerprint density at radius 3 is 2.81 bits per heavy atom. The van der Waals surface area contributed by atoms with Crippen molar-refractivity contribution >= 4 is 23.4 Å². The predicted molar refractivity (Wildman–Crippen MR) is 106 cm³/mol. The lowest BCUT2D eigenvalue weighted by Crippen LogP contribution is -2.47. The molecule has 1 aliphatic rings. The molecule has 1 fully saturated rings. The predicted octanol–water partition coefficient (Wildman–Crippen LogP) is 3.62. The molecule has 1 saturated heterocycles. The molecule has 0 atom stereocenters. The van der Waals surface area contributed by atoms with Gasteiger partial charge in [0.2, 0.25) is 5.91 Å². The Labute approximate surface area is 175 Å². The summed E-state index contributed by atoms with van der Waals surface area (Å²) in [6.07, 6.45) is -1.87. The highest BCUT2D eigenvalue weighted by molar-refractivity contribution is 5.82. The van der Waals surface area contributed by atoms with Crippen molar-refractivity contribution in [1.29, 1.82) is 0 Å². The first kappa shape index (κ1) is 20.5. The number of nitrogens with one attached hydrogen (secondary N) is 2. The fourth-order valence-electron chi connectivity index (χ4n) is 3.10. The second-order valence-electron chi connectivity index (χ2n) is 6.92. The number of carbonyl (C=O) groups excluding carboxylic acids is 1. The number of anilines is 3. The molecule has 0 unspecified atom stereocenters. The first-order valence-electron chi connectivity index (χ1n) is 9.33. The van der Waals surface area contributed by atoms with E-state index in [0.29, 0.717) is 30.2 Å². The highest BCUT2D eigenvalue weighted by atomic mass is 19.4. The van der Waals surface area contributed by atoms with E-state index in [1.54, 1.807) is 29.3 Å². The van der Waals surface area contributed by atoms with E-state index < -0.39 is 12.1 Å². The third kappa shape index (κ3) is 5.24. The molecular weight excluding hydrogens is 415 g/mol. The fraction of sp³-hybridized carbons (Fsp3) is 0.250. The van der Waals surface area contributed by atoms with Gasteiger partial charge in [0.05, 0.1) is 6.20 Å². The average Bonchev–Trinajstić information content (AvgIpc) is 3.17. The Kier molecular flexibility index (Phi) is 5.40. The molecule has 1 aromatic carbocycles. The summed E-state index contributed by atoms with van der Waals surface area (Å²) in [6.45, 7) is 2.92. The molecule has 0 radical (unpaired) electrons. The van der Waals surface area contributed by atoms with Crippen molar-refractivity contribution in [1.82, 2.24) is 15.3 Å². The summed E-state index contributed by atoms with van der Waals surface area (Å²) in [5.41, 5.74) is 1.58. The molecule has 0 saturated carbocycles. The third-order valence-corrected chi connectivity index (χ3v) is 4.41. The van der Waals surface area contributed by atoms with Crippen molar-refractivity contribution in [3.8, 4) is 17.1 Å². The largest absolute Gasteiger partial charge is 0.573 e. The molecule has 11 heteroatoms. The number of piperazine rings is 1. The van der Waals surface area contributed by atoms with Gasteiger partial charge in [-0.1, -0.05) is 0 Å². The van der Waals surface area contributed by atoms with Crippen LogP contribution >= 0.6 is 0 Å². The molecule has 8 nitrogen and oxygen atoms in total. The van der Waals surface area contributed by atoms with E-state index in [1.165, 1.54) is 18.3 Å². The van der Waals surface area contributed by atoms with Crippen LogP contribution in [0.4, 0.5) is 30.7 Å². The second-order valence-corrected chi connectivity index (χ2v) is 6.92. The molecule has 2 aromatic heterocycles. The van der Waals surface area contributed by atoms with E-state index in [4.69, 9.17) is 4.42 Å². The number of pyridine rings is 1. The Bertz CT molecular complexity index is 1100. The van der Waals surface area contributed by atoms with Gasteiger partial charge in [-0.2, -0.15) is 0 Å². The number of aromatic nitrogens is 2. The minimum Gasteiger partial charge on any atom is -0.423 e. The van der Waals surface area contributed by atoms with E-state index >= 15 is 0 Å². The van der Waals surface area contributed by atoms with Gasteiger partial charge in [0.1, 0.15) is 18.1 Å². The lowest BCUT2D eigenvalue weighted by molar-refractivity contribution is -0.274. The highest BCUT2D eigenvalue weighted by Gasteiger charge is 2.31. The number of alkyl halides is 3. The molecule has 0 aliphatic carbocycles. The maximum absolute atomic E-state index is 12.8. The van der Waals surface area contributed by atoms with Crippen LogP contribution in [0.3, 0.4) is 0 Å². The molecule has 0 bridgehead atoms. The van der Waals surface area contributed by atoms with Crippen LogP contribution in [-0.2, 0) is 4.79 Å². The molecule has 4 rings (SSSR count). The number of oxazole rings is 1. The van der Waals surface area contributed by atoms with Crippen LogP contribution in [0.15, 0.2) is 47.1 Å². The van der Waals surface area contributed by atoms with Gasteiger partial charge in [-0.3, -0.25) is 4.79 Å². The van der Waals surface area contributed by atoms with E-state index in [2.05, 4.69) is 25.3 Å². The zero-order chi connectivity index (χ0) is 22.0. The van der Waals surface area contributed by atoms with Crippen LogP contribution in [-0.4, -0.2) is 41.9 Å². The Morgan fingerprint density at radius 1 is 1.23 bits per heavy atom. The normalized spacial score (nSPS) is 14.3. The van der Waals surface area contributed by atoms with Gasteiger partial charge in [-0.05, 0) is 36.8 Å². The lowest BCUT2D eigenvalue weighted by atomic mass is 10.1. The van der Waals surface area contributed by atoms with Gasteiger partial charge in [-0.15, -0.1) is 13.2 Å². The van der Waals surface area contributed by atoms with Crippen molar-refractivity contribution < 1.29 is 27.1 Å². The van der Waals surface area contributed by atoms with Crippen LogP contribution in [0.1, 0.15) is 5.56 Å². The first-order valence-corrected chi connectivity index (χ1v) is 9.33. The van der Waals surface area contributed by atoms with Crippen molar-refractivity contribution in [2.24, 2.45) is 0 Å². The molecule has 1 amide bonds. The van der Waals surface area contributed by atoms with Gasteiger partial charge in [0.25, 0.3) is 6.01 Å². The summed E-state index contributed by atoms with van der Waals surface area (Å²) in [4.78, 5) is 21.6. The number of carbonyl (C=O) groups is 1. The van der Waals surface area contributed by atoms with Gasteiger partial charge >= 0.3 is 6.36 Å². The highest BCUT2D eigenvalue weighted by Crippen LogP contribution is 2.34. The monoisotopic (exact) mass is 433 g/mol. The number of ether oxygens (including phenoxy) is 1. The van der Waals surface area contributed by atoms with E-state index in [9.17, 15) is 18.0 Å². The van der Waals surface area contributed by atoms with Crippen LogP contribution in [0.2, 0.25) is 0 Å². The number of nitrogens with zero attached hydrogens (tertiary/aromatic N) is 3. The number of hydrogen-bond donors (Lipinski definition) is 2. The molecule has 3 aromatic rings. The minimum absolute atomic E-state index is 0.0863. The third-order valence-electron chi connectivity index (χ3n) is 4.41. The Hall–Kier alpha value is -3.76.